The maximum atomic E-state index is 10.00. The fourth-order valence-corrected chi connectivity index (χ4v) is 0.520. The van der Waals surface area contributed by atoms with Gasteiger partial charge in [-0.25, -0.2) is 4.79 Å². The predicted octanol–water partition coefficient (Wildman–Crippen LogP) is 2.53. The second kappa shape index (κ2) is 5.70. The van der Waals surface area contributed by atoms with Crippen LogP contribution in [0.4, 0.5) is 0 Å². The van der Waals surface area contributed by atoms with E-state index in [4.69, 9.17) is 0 Å². The maximum Gasteiger partial charge on any atom is 0.127 e. The number of carbonyl (C=O) groups excluding carboxylic acids is 1. The minimum Gasteiger partial charge on any atom is -0.233 e. The fraction of sp³-hybridized carbons (Fsp3) is 0.400. The van der Waals surface area contributed by atoms with Gasteiger partial charge in [-0.1, -0.05) is 32.1 Å². The molecule has 0 spiro atoms. The smallest absolute Gasteiger partial charge is 0.127 e. The molecule has 0 radical (unpaired) electrons. The van der Waals surface area contributed by atoms with E-state index in [0.717, 1.165) is 0 Å². The van der Waals surface area contributed by atoms with Crippen molar-refractivity contribution >= 4 is 5.94 Å². The molecule has 0 bridgehead atoms. The van der Waals surface area contributed by atoms with Crippen LogP contribution in [0, 0.1) is 5.92 Å². The van der Waals surface area contributed by atoms with Gasteiger partial charge < -0.3 is 0 Å². The average molecular weight is 150 g/mol. The SMILES string of the molecule is CC(=C=O)C=CC=CC(C)C. The highest BCUT2D eigenvalue weighted by Crippen LogP contribution is 1.94. The molecule has 60 valence electrons. The molecule has 0 fully saturated rings. The molecule has 1 nitrogen and oxygen atoms in total. The molecule has 0 saturated heterocycles. The van der Waals surface area contributed by atoms with Crippen LogP contribution in [0.5, 0.6) is 0 Å². The standard InChI is InChI=1S/C10H14O/c1-9(2)6-4-5-7-10(3)8-11/h4-7,9H,1-3H3. The third-order valence-electron chi connectivity index (χ3n) is 1.11. The van der Waals surface area contributed by atoms with E-state index in [0.29, 0.717) is 11.5 Å². The molecule has 0 rings (SSSR count). The van der Waals surface area contributed by atoms with Crippen LogP contribution in [0.3, 0.4) is 0 Å². The van der Waals surface area contributed by atoms with Crippen molar-refractivity contribution in [1.29, 1.82) is 0 Å². The third kappa shape index (κ3) is 6.82. The summed E-state index contributed by atoms with van der Waals surface area (Å²) in [6.07, 6.45) is 7.59. The first kappa shape index (κ1) is 9.93. The van der Waals surface area contributed by atoms with Gasteiger partial charge in [-0.15, -0.1) is 0 Å². The van der Waals surface area contributed by atoms with Gasteiger partial charge >= 0.3 is 0 Å². The first-order valence-corrected chi connectivity index (χ1v) is 3.73. The Bertz CT molecular complexity index is 203. The van der Waals surface area contributed by atoms with Crippen molar-refractivity contribution < 1.29 is 4.79 Å². The number of hydrogen-bond acceptors (Lipinski definition) is 1. The summed E-state index contributed by atoms with van der Waals surface area (Å²) in [7, 11) is 0. The maximum absolute atomic E-state index is 10.00. The Balaban J connectivity index is 3.87. The Kier molecular flexibility index (Phi) is 5.14. The first-order valence-electron chi connectivity index (χ1n) is 3.73. The van der Waals surface area contributed by atoms with Gasteiger partial charge in [0.1, 0.15) is 5.94 Å². The van der Waals surface area contributed by atoms with E-state index < -0.39 is 0 Å². The molecule has 11 heavy (non-hydrogen) atoms. The molecule has 0 N–H and O–H groups in total. The largest absolute Gasteiger partial charge is 0.233 e. The molecule has 0 aromatic rings. The van der Waals surface area contributed by atoms with Crippen molar-refractivity contribution in [2.75, 3.05) is 0 Å². The normalized spacial score (nSPS) is 11.3. The van der Waals surface area contributed by atoms with Crippen LogP contribution in [-0.4, -0.2) is 5.94 Å². The van der Waals surface area contributed by atoms with Crippen LogP contribution in [0.25, 0.3) is 0 Å². The molecule has 0 aromatic carbocycles. The zero-order chi connectivity index (χ0) is 8.69. The van der Waals surface area contributed by atoms with Gasteiger partial charge in [-0.3, -0.25) is 0 Å². The molecule has 0 aliphatic rings. The highest BCUT2D eigenvalue weighted by Gasteiger charge is 1.80. The van der Waals surface area contributed by atoms with Gasteiger partial charge in [-0.2, -0.15) is 0 Å². The summed E-state index contributed by atoms with van der Waals surface area (Å²) in [6, 6.07) is 0. The van der Waals surface area contributed by atoms with E-state index in [9.17, 15) is 4.79 Å². The highest BCUT2D eigenvalue weighted by atomic mass is 16.1. The molecule has 0 amide bonds. The quantitative estimate of drug-likeness (QED) is 0.446. The zero-order valence-corrected chi connectivity index (χ0v) is 7.29. The van der Waals surface area contributed by atoms with E-state index in [1.807, 2.05) is 12.2 Å². The third-order valence-corrected chi connectivity index (χ3v) is 1.11. The molecule has 1 heteroatoms. The van der Waals surface area contributed by atoms with Crippen molar-refractivity contribution in [2.45, 2.75) is 20.8 Å². The van der Waals surface area contributed by atoms with Gasteiger partial charge in [-0.05, 0) is 18.9 Å². The zero-order valence-electron chi connectivity index (χ0n) is 7.29. The molecular formula is C10H14O. The van der Waals surface area contributed by atoms with Crippen LogP contribution in [-0.2, 0) is 4.79 Å². The number of rotatable bonds is 3. The van der Waals surface area contributed by atoms with Gasteiger partial charge in [0.2, 0.25) is 0 Å². The van der Waals surface area contributed by atoms with Crippen molar-refractivity contribution in [1.82, 2.24) is 0 Å². The Morgan fingerprint density at radius 2 is 2.00 bits per heavy atom. The molecule has 0 saturated carbocycles. The summed E-state index contributed by atoms with van der Waals surface area (Å²) in [5.74, 6) is 2.35. The van der Waals surface area contributed by atoms with E-state index in [1.165, 1.54) is 0 Å². The summed E-state index contributed by atoms with van der Waals surface area (Å²) < 4.78 is 0. The summed E-state index contributed by atoms with van der Waals surface area (Å²) in [4.78, 5) is 10.00. The number of hydrogen-bond donors (Lipinski definition) is 0. The summed E-state index contributed by atoms with van der Waals surface area (Å²) in [6.45, 7) is 5.94. The topological polar surface area (TPSA) is 17.1 Å². The van der Waals surface area contributed by atoms with E-state index in [1.54, 1.807) is 18.9 Å². The molecule has 0 aliphatic heterocycles. The van der Waals surface area contributed by atoms with Crippen molar-refractivity contribution in [3.05, 3.63) is 29.9 Å². The summed E-state index contributed by atoms with van der Waals surface area (Å²) in [5, 5.41) is 0. The second-order valence-electron chi connectivity index (χ2n) is 2.77. The Hall–Kier alpha value is -1.07. The van der Waals surface area contributed by atoms with Gasteiger partial charge in [0, 0.05) is 5.57 Å². The van der Waals surface area contributed by atoms with Gasteiger partial charge in [0.25, 0.3) is 0 Å². The summed E-state index contributed by atoms with van der Waals surface area (Å²) in [5.41, 5.74) is 0.624. The molecule has 0 unspecified atom stereocenters. The fourth-order valence-electron chi connectivity index (χ4n) is 0.520. The van der Waals surface area contributed by atoms with Crippen molar-refractivity contribution in [3.63, 3.8) is 0 Å². The molecule has 0 atom stereocenters. The lowest BCUT2D eigenvalue weighted by Crippen LogP contribution is -1.74. The number of allylic oxidation sites excluding steroid dienone is 5. The van der Waals surface area contributed by atoms with Crippen molar-refractivity contribution in [3.8, 4) is 0 Å². The van der Waals surface area contributed by atoms with E-state index >= 15 is 0 Å². The monoisotopic (exact) mass is 150 g/mol. The highest BCUT2D eigenvalue weighted by molar-refractivity contribution is 5.56. The second-order valence-corrected chi connectivity index (χ2v) is 2.77. The van der Waals surface area contributed by atoms with Crippen LogP contribution < -0.4 is 0 Å². The molecule has 0 aromatic heterocycles. The Morgan fingerprint density at radius 1 is 1.36 bits per heavy atom. The Labute approximate surface area is 68.1 Å². The lowest BCUT2D eigenvalue weighted by Gasteiger charge is -1.88. The molecule has 0 heterocycles. The van der Waals surface area contributed by atoms with Crippen LogP contribution >= 0.6 is 0 Å². The predicted molar refractivity (Wildman–Crippen MR) is 48.0 cm³/mol. The van der Waals surface area contributed by atoms with Gasteiger partial charge in [0.15, 0.2) is 0 Å². The minimum absolute atomic E-state index is 0.556. The molecular weight excluding hydrogens is 136 g/mol. The van der Waals surface area contributed by atoms with Crippen LogP contribution in [0.1, 0.15) is 20.8 Å². The first-order chi connectivity index (χ1) is 5.16. The lowest BCUT2D eigenvalue weighted by molar-refractivity contribution is 0.567. The van der Waals surface area contributed by atoms with Crippen LogP contribution in [0.2, 0.25) is 0 Å². The average Bonchev–Trinajstić information content (AvgIpc) is 1.97. The van der Waals surface area contributed by atoms with E-state index in [2.05, 4.69) is 19.9 Å². The van der Waals surface area contributed by atoms with Gasteiger partial charge in [0.05, 0.1) is 0 Å². The van der Waals surface area contributed by atoms with E-state index in [-0.39, 0.29) is 0 Å². The minimum atomic E-state index is 0.556. The molecule has 0 aliphatic carbocycles. The Morgan fingerprint density at radius 3 is 2.45 bits per heavy atom. The summed E-state index contributed by atoms with van der Waals surface area (Å²) >= 11 is 0. The van der Waals surface area contributed by atoms with Crippen molar-refractivity contribution in [2.24, 2.45) is 5.92 Å². The van der Waals surface area contributed by atoms with Crippen LogP contribution in [0.15, 0.2) is 29.9 Å². The lowest BCUT2D eigenvalue weighted by atomic mass is 10.2.